The van der Waals surface area contributed by atoms with Crippen molar-refractivity contribution < 1.29 is 19.0 Å². The maximum absolute atomic E-state index is 12.1. The van der Waals surface area contributed by atoms with Gasteiger partial charge in [-0.05, 0) is 58.5 Å². The molecular weight excluding hydrogens is 512 g/mol. The van der Waals surface area contributed by atoms with Gasteiger partial charge in [-0.1, -0.05) is 17.7 Å². The van der Waals surface area contributed by atoms with E-state index in [0.717, 1.165) is 5.56 Å². The number of ether oxygens (including phenoxy) is 3. The molecule has 38 heavy (non-hydrogen) atoms. The van der Waals surface area contributed by atoms with E-state index in [4.69, 9.17) is 37.3 Å². The van der Waals surface area contributed by atoms with Crippen LogP contribution in [-0.2, 0) is 14.2 Å². The Hall–Kier alpha value is -3.03. The molecule has 0 bridgehead atoms. The van der Waals surface area contributed by atoms with Gasteiger partial charge in [0.1, 0.15) is 30.2 Å². The molecule has 2 saturated heterocycles. The lowest BCUT2D eigenvalue weighted by Gasteiger charge is -2.27. The van der Waals surface area contributed by atoms with Crippen LogP contribution in [0.5, 0.6) is 0 Å². The standard InChI is InChI=1S/C25H33ClN8O4/c1-14-6-7-15(10-16(14)26)33(24(28)35)9-5-8-32(4)11-17-19-20(38-25(2,3)37-19)23(36-17)34-13-31-18-21(27)29-12-30-22(18)34/h6-7,10,12-13,17,19-20,23H,5,8-9,11H2,1-4H3,(H2,28,35)(H2,27,29,30)/t17-,19-,20?,23-/m1/s1. The van der Waals surface area contributed by atoms with E-state index < -0.39 is 18.0 Å². The first-order chi connectivity index (χ1) is 18.0. The number of aromatic nitrogens is 4. The van der Waals surface area contributed by atoms with Gasteiger partial charge in [-0.2, -0.15) is 0 Å². The predicted molar refractivity (Wildman–Crippen MR) is 143 cm³/mol. The van der Waals surface area contributed by atoms with E-state index in [1.54, 1.807) is 12.4 Å². The van der Waals surface area contributed by atoms with Crippen molar-refractivity contribution in [1.82, 2.24) is 24.4 Å². The average molecular weight is 545 g/mol. The van der Waals surface area contributed by atoms with E-state index in [0.29, 0.717) is 53.7 Å². The van der Waals surface area contributed by atoms with Crippen molar-refractivity contribution >= 4 is 40.3 Å². The lowest BCUT2D eigenvalue weighted by Crippen LogP contribution is -2.40. The molecule has 5 rings (SSSR count). The van der Waals surface area contributed by atoms with Crippen LogP contribution in [0, 0.1) is 6.92 Å². The van der Waals surface area contributed by atoms with Crippen molar-refractivity contribution in [3.8, 4) is 0 Å². The van der Waals surface area contributed by atoms with E-state index in [1.807, 2.05) is 44.5 Å². The zero-order chi connectivity index (χ0) is 27.2. The molecule has 12 nitrogen and oxygen atoms in total. The summed E-state index contributed by atoms with van der Waals surface area (Å²) in [5.41, 5.74) is 14.3. The zero-order valence-electron chi connectivity index (χ0n) is 21.9. The third kappa shape index (κ3) is 5.14. The fourth-order valence-corrected chi connectivity index (χ4v) is 5.27. The van der Waals surface area contributed by atoms with E-state index >= 15 is 0 Å². The van der Waals surface area contributed by atoms with Crippen LogP contribution >= 0.6 is 11.6 Å². The van der Waals surface area contributed by atoms with Gasteiger partial charge in [-0.15, -0.1) is 0 Å². The van der Waals surface area contributed by atoms with Crippen molar-refractivity contribution in [3.63, 3.8) is 0 Å². The molecule has 2 aliphatic heterocycles. The second kappa shape index (κ2) is 10.3. The molecule has 3 aromatic rings. The van der Waals surface area contributed by atoms with Gasteiger partial charge in [0, 0.05) is 23.8 Å². The summed E-state index contributed by atoms with van der Waals surface area (Å²) in [5.74, 6) is -0.447. The van der Waals surface area contributed by atoms with Crippen LogP contribution in [0.3, 0.4) is 0 Å². The molecule has 4 atom stereocenters. The summed E-state index contributed by atoms with van der Waals surface area (Å²) in [6.07, 6.45) is 2.35. The number of aryl methyl sites for hydroxylation is 1. The number of likely N-dealkylation sites (N-methyl/N-ethyl adjacent to an activating group) is 1. The van der Waals surface area contributed by atoms with Crippen molar-refractivity contribution in [1.29, 1.82) is 0 Å². The number of imidazole rings is 1. The number of hydrogen-bond acceptors (Lipinski definition) is 9. The summed E-state index contributed by atoms with van der Waals surface area (Å²) < 4.78 is 20.8. The molecule has 0 radical (unpaired) electrons. The Kier molecular flexibility index (Phi) is 7.18. The van der Waals surface area contributed by atoms with Crippen molar-refractivity contribution in [2.45, 2.75) is 57.5 Å². The number of urea groups is 1. The molecule has 1 unspecified atom stereocenters. The molecule has 1 aromatic carbocycles. The summed E-state index contributed by atoms with van der Waals surface area (Å²) in [4.78, 5) is 28.6. The number of halogens is 1. The maximum Gasteiger partial charge on any atom is 0.319 e. The number of anilines is 2. The number of hydrogen-bond donors (Lipinski definition) is 2. The molecule has 13 heteroatoms. The monoisotopic (exact) mass is 544 g/mol. The third-order valence-electron chi connectivity index (χ3n) is 6.93. The number of nitrogens with zero attached hydrogens (tertiary/aromatic N) is 6. The van der Waals surface area contributed by atoms with Crippen LogP contribution in [0.4, 0.5) is 16.3 Å². The highest BCUT2D eigenvalue weighted by Gasteiger charge is 2.56. The Bertz CT molecular complexity index is 1330. The number of carbonyl (C=O) groups excluding carboxylic acids is 1. The van der Waals surface area contributed by atoms with Gasteiger partial charge >= 0.3 is 6.03 Å². The molecular formula is C25H33ClN8O4. The molecule has 4 N–H and O–H groups in total. The quantitative estimate of drug-likeness (QED) is 0.436. The van der Waals surface area contributed by atoms with Crippen LogP contribution in [0.15, 0.2) is 30.9 Å². The summed E-state index contributed by atoms with van der Waals surface area (Å²) >= 11 is 6.25. The van der Waals surface area contributed by atoms with Crippen molar-refractivity contribution in [2.24, 2.45) is 5.73 Å². The number of rotatable bonds is 8. The predicted octanol–water partition coefficient (Wildman–Crippen LogP) is 2.70. The first-order valence-corrected chi connectivity index (χ1v) is 12.9. The average Bonchev–Trinajstić information content (AvgIpc) is 3.50. The number of nitrogens with two attached hydrogens (primary N) is 2. The third-order valence-corrected chi connectivity index (χ3v) is 7.34. The summed E-state index contributed by atoms with van der Waals surface area (Å²) in [7, 11) is 2.00. The van der Waals surface area contributed by atoms with Crippen LogP contribution in [0.2, 0.25) is 5.02 Å². The Labute approximate surface area is 225 Å². The minimum Gasteiger partial charge on any atom is -0.382 e. The van der Waals surface area contributed by atoms with Gasteiger partial charge < -0.3 is 30.6 Å². The fraction of sp³-hybridized carbons (Fsp3) is 0.520. The molecule has 2 fully saturated rings. The van der Waals surface area contributed by atoms with Gasteiger partial charge in [0.15, 0.2) is 23.5 Å². The molecule has 0 spiro atoms. The largest absolute Gasteiger partial charge is 0.382 e. The second-order valence-electron chi connectivity index (χ2n) is 10.3. The minimum atomic E-state index is -0.754. The van der Waals surface area contributed by atoms with Gasteiger partial charge in [0.05, 0.1) is 6.33 Å². The first-order valence-electron chi connectivity index (χ1n) is 12.5. The number of primary amides is 1. The van der Waals surface area contributed by atoms with E-state index in [9.17, 15) is 4.79 Å². The Balaban J connectivity index is 1.25. The smallest absolute Gasteiger partial charge is 0.319 e. The Morgan fingerprint density at radius 1 is 1.18 bits per heavy atom. The van der Waals surface area contributed by atoms with E-state index in [-0.39, 0.29) is 18.3 Å². The van der Waals surface area contributed by atoms with Gasteiger partial charge in [0.2, 0.25) is 0 Å². The first kappa shape index (κ1) is 26.6. The Morgan fingerprint density at radius 3 is 2.68 bits per heavy atom. The van der Waals surface area contributed by atoms with Crippen LogP contribution in [0.25, 0.3) is 11.2 Å². The van der Waals surface area contributed by atoms with Crippen LogP contribution in [0.1, 0.15) is 32.1 Å². The summed E-state index contributed by atoms with van der Waals surface area (Å²) in [5, 5.41) is 0.592. The fourth-order valence-electron chi connectivity index (χ4n) is 5.10. The van der Waals surface area contributed by atoms with Gasteiger partial charge in [0.25, 0.3) is 0 Å². The van der Waals surface area contributed by atoms with Crippen LogP contribution < -0.4 is 16.4 Å². The maximum atomic E-state index is 12.1. The number of fused-ring (bicyclic) bond motifs is 2. The summed E-state index contributed by atoms with van der Waals surface area (Å²) in [6, 6.07) is 4.96. The normalized spacial score (nSPS) is 24.3. The SMILES string of the molecule is Cc1ccc(N(CCCN(C)C[C@H]2O[C@@H](n3cnc4c(N)ncnc43)C3OC(C)(C)O[C@@H]32)C(N)=O)cc1Cl. The number of benzene rings is 1. The highest BCUT2D eigenvalue weighted by molar-refractivity contribution is 6.31. The van der Waals surface area contributed by atoms with Gasteiger partial charge in [-0.3, -0.25) is 9.47 Å². The zero-order valence-corrected chi connectivity index (χ0v) is 22.6. The lowest BCUT2D eigenvalue weighted by molar-refractivity contribution is -0.197. The van der Waals surface area contributed by atoms with Crippen molar-refractivity contribution in [2.75, 3.05) is 37.3 Å². The molecule has 0 aliphatic carbocycles. The van der Waals surface area contributed by atoms with Gasteiger partial charge in [-0.25, -0.2) is 19.7 Å². The van der Waals surface area contributed by atoms with E-state index in [1.165, 1.54) is 11.2 Å². The summed E-state index contributed by atoms with van der Waals surface area (Å²) in [6.45, 7) is 7.44. The lowest BCUT2D eigenvalue weighted by atomic mass is 10.1. The minimum absolute atomic E-state index is 0.267. The molecule has 204 valence electrons. The number of nitrogen functional groups attached to an aromatic ring is 1. The molecule has 0 saturated carbocycles. The highest BCUT2D eigenvalue weighted by atomic mass is 35.5. The number of carbonyl (C=O) groups is 1. The topological polar surface area (TPSA) is 147 Å². The molecule has 2 amide bonds. The Morgan fingerprint density at radius 2 is 1.95 bits per heavy atom. The van der Waals surface area contributed by atoms with Crippen LogP contribution in [-0.4, -0.2) is 81.2 Å². The molecule has 4 heterocycles. The van der Waals surface area contributed by atoms with E-state index in [2.05, 4.69) is 19.9 Å². The van der Waals surface area contributed by atoms with Crippen molar-refractivity contribution in [3.05, 3.63) is 41.4 Å². The number of amides is 2. The highest BCUT2D eigenvalue weighted by Crippen LogP contribution is 2.44. The second-order valence-corrected chi connectivity index (χ2v) is 10.7. The molecule has 2 aromatic heterocycles. The molecule has 2 aliphatic rings.